The van der Waals surface area contributed by atoms with Crippen molar-refractivity contribution < 1.29 is 4.39 Å². The topological polar surface area (TPSA) is 17.8 Å². The van der Waals surface area contributed by atoms with Crippen molar-refractivity contribution in [1.82, 2.24) is 9.55 Å². The number of hydrogen-bond donors (Lipinski definition) is 0. The van der Waals surface area contributed by atoms with E-state index in [-0.39, 0.29) is 5.82 Å². The van der Waals surface area contributed by atoms with Gasteiger partial charge in [0.25, 0.3) is 0 Å². The highest BCUT2D eigenvalue weighted by molar-refractivity contribution is 9.10. The minimum atomic E-state index is -0.291. The highest BCUT2D eigenvalue weighted by Crippen LogP contribution is 2.30. The SMILES string of the molecule is CCn1cc(-c2ccc(Cl)cc2Cl)nc1/C=C/c1ccc(Br)cc1F. The maximum absolute atomic E-state index is 14.0. The van der Waals surface area contributed by atoms with Crippen molar-refractivity contribution in [3.05, 3.63) is 74.3 Å². The molecule has 25 heavy (non-hydrogen) atoms. The summed E-state index contributed by atoms with van der Waals surface area (Å²) in [6.07, 6.45) is 5.43. The average Bonchev–Trinajstić information content (AvgIpc) is 2.97. The third-order valence-electron chi connectivity index (χ3n) is 3.73. The van der Waals surface area contributed by atoms with E-state index in [2.05, 4.69) is 20.9 Å². The second-order valence-electron chi connectivity index (χ2n) is 5.39. The van der Waals surface area contributed by atoms with Crippen LogP contribution in [0.15, 0.2) is 47.1 Å². The Labute approximate surface area is 164 Å². The van der Waals surface area contributed by atoms with Crippen LogP contribution in [-0.2, 0) is 6.54 Å². The number of halogens is 4. The van der Waals surface area contributed by atoms with E-state index in [0.29, 0.717) is 20.1 Å². The highest BCUT2D eigenvalue weighted by Gasteiger charge is 2.10. The Morgan fingerprint density at radius 2 is 1.96 bits per heavy atom. The zero-order valence-electron chi connectivity index (χ0n) is 13.3. The van der Waals surface area contributed by atoms with Crippen LogP contribution < -0.4 is 0 Å². The molecule has 0 aliphatic carbocycles. The molecule has 3 rings (SSSR count). The molecule has 0 radical (unpaired) electrons. The van der Waals surface area contributed by atoms with Crippen LogP contribution in [0.25, 0.3) is 23.4 Å². The van der Waals surface area contributed by atoms with E-state index in [1.54, 1.807) is 36.4 Å². The normalized spacial score (nSPS) is 11.4. The molecule has 0 spiro atoms. The molecule has 0 amide bonds. The Hall–Kier alpha value is -1.62. The molecule has 0 atom stereocenters. The first-order valence-corrected chi connectivity index (χ1v) is 9.18. The third-order valence-corrected chi connectivity index (χ3v) is 4.77. The quantitative estimate of drug-likeness (QED) is 0.430. The van der Waals surface area contributed by atoms with Crippen molar-refractivity contribution in [2.75, 3.05) is 0 Å². The van der Waals surface area contributed by atoms with E-state index < -0.39 is 0 Å². The maximum Gasteiger partial charge on any atom is 0.133 e. The van der Waals surface area contributed by atoms with Gasteiger partial charge in [-0.2, -0.15) is 0 Å². The molecule has 0 saturated heterocycles. The summed E-state index contributed by atoms with van der Waals surface area (Å²) in [6.45, 7) is 2.76. The fourth-order valence-electron chi connectivity index (χ4n) is 2.44. The van der Waals surface area contributed by atoms with Gasteiger partial charge < -0.3 is 4.57 Å². The molecule has 0 bridgehead atoms. The summed E-state index contributed by atoms with van der Waals surface area (Å²) in [5, 5.41) is 1.12. The molecule has 0 aliphatic rings. The second-order valence-corrected chi connectivity index (χ2v) is 7.15. The maximum atomic E-state index is 14.0. The first-order chi connectivity index (χ1) is 12.0. The number of aromatic nitrogens is 2. The van der Waals surface area contributed by atoms with Crippen LogP contribution in [0.2, 0.25) is 10.0 Å². The van der Waals surface area contributed by atoms with Crippen molar-refractivity contribution in [2.24, 2.45) is 0 Å². The summed E-state index contributed by atoms with van der Waals surface area (Å²) >= 11 is 15.5. The van der Waals surface area contributed by atoms with E-state index in [1.807, 2.05) is 23.8 Å². The van der Waals surface area contributed by atoms with Crippen molar-refractivity contribution in [2.45, 2.75) is 13.5 Å². The van der Waals surface area contributed by atoms with Crippen LogP contribution in [0, 0.1) is 5.82 Å². The van der Waals surface area contributed by atoms with Gasteiger partial charge in [0.2, 0.25) is 0 Å². The Morgan fingerprint density at radius 3 is 2.64 bits per heavy atom. The molecule has 0 aliphatic heterocycles. The van der Waals surface area contributed by atoms with Gasteiger partial charge >= 0.3 is 0 Å². The van der Waals surface area contributed by atoms with Gasteiger partial charge in [-0.15, -0.1) is 0 Å². The number of aryl methyl sites for hydroxylation is 1. The molecule has 0 fully saturated rings. The van der Waals surface area contributed by atoms with Crippen LogP contribution in [0.4, 0.5) is 4.39 Å². The number of nitrogens with zero attached hydrogens (tertiary/aromatic N) is 2. The zero-order chi connectivity index (χ0) is 18.0. The smallest absolute Gasteiger partial charge is 0.133 e. The van der Waals surface area contributed by atoms with Gasteiger partial charge in [0.1, 0.15) is 11.6 Å². The largest absolute Gasteiger partial charge is 0.331 e. The minimum absolute atomic E-state index is 0.291. The highest BCUT2D eigenvalue weighted by atomic mass is 79.9. The van der Waals surface area contributed by atoms with Crippen LogP contribution in [0.3, 0.4) is 0 Å². The fourth-order valence-corrected chi connectivity index (χ4v) is 3.28. The van der Waals surface area contributed by atoms with Crippen molar-refractivity contribution >= 4 is 51.3 Å². The summed E-state index contributed by atoms with van der Waals surface area (Å²) in [5.74, 6) is 0.437. The number of rotatable bonds is 4. The monoisotopic (exact) mass is 438 g/mol. The summed E-state index contributed by atoms with van der Waals surface area (Å²) < 4.78 is 16.6. The van der Waals surface area contributed by atoms with Crippen molar-refractivity contribution in [3.8, 4) is 11.3 Å². The average molecular weight is 440 g/mol. The van der Waals surface area contributed by atoms with E-state index >= 15 is 0 Å². The molecule has 0 unspecified atom stereocenters. The van der Waals surface area contributed by atoms with E-state index in [0.717, 1.165) is 23.6 Å². The molecule has 1 aromatic heterocycles. The second kappa shape index (κ2) is 7.73. The molecule has 128 valence electrons. The number of imidazole rings is 1. The number of hydrogen-bond acceptors (Lipinski definition) is 1. The summed E-state index contributed by atoms with van der Waals surface area (Å²) in [6, 6.07) is 10.3. The van der Waals surface area contributed by atoms with Gasteiger partial charge in [-0.25, -0.2) is 9.37 Å². The van der Waals surface area contributed by atoms with Gasteiger partial charge in [0.05, 0.1) is 10.7 Å². The lowest BCUT2D eigenvalue weighted by atomic mass is 10.2. The Balaban J connectivity index is 1.97. The predicted octanol–water partition coefficient (Wildman–Crippen LogP) is 6.95. The minimum Gasteiger partial charge on any atom is -0.331 e. The summed E-state index contributed by atoms with van der Waals surface area (Å²) in [4.78, 5) is 4.62. The fraction of sp³-hybridized carbons (Fsp3) is 0.105. The Kier molecular flexibility index (Phi) is 5.62. The summed E-state index contributed by atoms with van der Waals surface area (Å²) in [7, 11) is 0. The third kappa shape index (κ3) is 4.14. The lowest BCUT2D eigenvalue weighted by Crippen LogP contribution is -1.94. The van der Waals surface area contributed by atoms with E-state index in [9.17, 15) is 4.39 Å². The van der Waals surface area contributed by atoms with E-state index in [1.165, 1.54) is 6.07 Å². The summed E-state index contributed by atoms with van der Waals surface area (Å²) in [5.41, 5.74) is 2.06. The molecule has 2 nitrogen and oxygen atoms in total. The van der Waals surface area contributed by atoms with Gasteiger partial charge in [-0.05, 0) is 49.4 Å². The zero-order valence-corrected chi connectivity index (χ0v) is 16.4. The molecular weight excluding hydrogens is 426 g/mol. The lowest BCUT2D eigenvalue weighted by Gasteiger charge is -2.00. The van der Waals surface area contributed by atoms with Gasteiger partial charge in [0.15, 0.2) is 0 Å². The lowest BCUT2D eigenvalue weighted by molar-refractivity contribution is 0.624. The van der Waals surface area contributed by atoms with Crippen molar-refractivity contribution in [3.63, 3.8) is 0 Å². The van der Waals surface area contributed by atoms with Crippen LogP contribution in [0.1, 0.15) is 18.3 Å². The van der Waals surface area contributed by atoms with Crippen molar-refractivity contribution in [1.29, 1.82) is 0 Å². The first-order valence-electron chi connectivity index (χ1n) is 7.63. The predicted molar refractivity (Wildman–Crippen MR) is 106 cm³/mol. The van der Waals surface area contributed by atoms with Gasteiger partial charge in [0, 0.05) is 33.4 Å². The van der Waals surface area contributed by atoms with Crippen LogP contribution >= 0.6 is 39.1 Å². The molecule has 2 aromatic carbocycles. The Bertz CT molecular complexity index is 951. The van der Waals surface area contributed by atoms with E-state index in [4.69, 9.17) is 23.2 Å². The first kappa shape index (κ1) is 18.2. The molecular formula is C19H14BrCl2FN2. The van der Waals surface area contributed by atoms with Gasteiger partial charge in [-0.3, -0.25) is 0 Å². The van der Waals surface area contributed by atoms with Gasteiger partial charge in [-0.1, -0.05) is 45.2 Å². The number of benzene rings is 2. The molecule has 3 aromatic rings. The Morgan fingerprint density at radius 1 is 1.16 bits per heavy atom. The van der Waals surface area contributed by atoms with Crippen LogP contribution in [-0.4, -0.2) is 9.55 Å². The standard InChI is InChI=1S/C19H14BrCl2FN2/c1-2-25-11-18(15-7-6-14(21)10-16(15)22)24-19(25)8-4-12-3-5-13(20)9-17(12)23/h3-11H,2H2,1H3/b8-4+. The molecule has 1 heterocycles. The molecule has 0 N–H and O–H groups in total. The molecule has 0 saturated carbocycles. The van der Waals surface area contributed by atoms with Crippen LogP contribution in [0.5, 0.6) is 0 Å². The molecule has 6 heteroatoms.